The van der Waals surface area contributed by atoms with Gasteiger partial charge in [-0.25, -0.2) is 4.98 Å². The molecule has 20 heavy (non-hydrogen) atoms. The zero-order chi connectivity index (χ0) is 14.1. The summed E-state index contributed by atoms with van der Waals surface area (Å²) in [7, 11) is 2.14. The lowest BCUT2D eigenvalue weighted by Gasteiger charge is -2.17. The summed E-state index contributed by atoms with van der Waals surface area (Å²) in [4.78, 5) is 7.34. The summed E-state index contributed by atoms with van der Waals surface area (Å²) in [6.45, 7) is 1.55. The molecule has 0 amide bonds. The van der Waals surface area contributed by atoms with Gasteiger partial charge in [-0.15, -0.1) is 0 Å². The number of nitrogens with zero attached hydrogens (tertiary/aromatic N) is 2. The van der Waals surface area contributed by atoms with Crippen LogP contribution in [0.2, 0.25) is 0 Å². The summed E-state index contributed by atoms with van der Waals surface area (Å²) in [5, 5.41) is 0. The van der Waals surface area contributed by atoms with Crippen molar-refractivity contribution in [1.29, 1.82) is 0 Å². The molecule has 0 aromatic carbocycles. The fourth-order valence-electron chi connectivity index (χ4n) is 2.72. The van der Waals surface area contributed by atoms with E-state index in [0.29, 0.717) is 17.5 Å². The van der Waals surface area contributed by atoms with Crippen molar-refractivity contribution in [3.05, 3.63) is 22.9 Å². The van der Waals surface area contributed by atoms with Crippen molar-refractivity contribution in [2.45, 2.75) is 38.1 Å². The topological polar surface area (TPSA) is 51.4 Å². The van der Waals surface area contributed by atoms with Crippen LogP contribution in [0.5, 0.6) is 5.88 Å². The molecule has 1 heterocycles. The Kier molecular flexibility index (Phi) is 3.89. The van der Waals surface area contributed by atoms with Crippen molar-refractivity contribution >= 4 is 17.2 Å². The number of hydrogen-bond acceptors (Lipinski definition) is 4. The van der Waals surface area contributed by atoms with Gasteiger partial charge in [0.1, 0.15) is 11.6 Å². The number of hydrogen-bond donors (Lipinski definition) is 1. The second-order valence-corrected chi connectivity index (χ2v) is 6.16. The lowest BCUT2D eigenvalue weighted by Crippen LogP contribution is -2.27. The molecule has 0 aliphatic heterocycles. The lowest BCUT2D eigenvalue weighted by atomic mass is 10.1. The second kappa shape index (κ2) is 5.66. The minimum absolute atomic E-state index is 0.373. The number of thiocarbonyl (C=S) groups is 1. The van der Waals surface area contributed by atoms with Gasteiger partial charge in [-0.3, -0.25) is 0 Å². The van der Waals surface area contributed by atoms with Gasteiger partial charge in [0.2, 0.25) is 5.88 Å². The van der Waals surface area contributed by atoms with Gasteiger partial charge < -0.3 is 15.4 Å². The van der Waals surface area contributed by atoms with Crippen LogP contribution in [0.4, 0.5) is 0 Å². The van der Waals surface area contributed by atoms with Gasteiger partial charge >= 0.3 is 0 Å². The molecule has 0 bridgehead atoms. The molecule has 1 fully saturated rings. The maximum Gasteiger partial charge on any atom is 0.224 e. The smallest absolute Gasteiger partial charge is 0.224 e. The minimum Gasteiger partial charge on any atom is -0.476 e. The van der Waals surface area contributed by atoms with Crippen LogP contribution in [-0.2, 0) is 12.8 Å². The number of nitrogens with two attached hydrogens (primary N) is 1. The first kappa shape index (κ1) is 13.8. The van der Waals surface area contributed by atoms with Gasteiger partial charge in [-0.2, -0.15) is 0 Å². The Labute approximate surface area is 125 Å². The second-order valence-electron chi connectivity index (χ2n) is 5.72. The van der Waals surface area contributed by atoms with E-state index in [1.54, 1.807) is 0 Å². The first-order valence-corrected chi connectivity index (χ1v) is 7.71. The number of ether oxygens (including phenoxy) is 1. The Morgan fingerprint density at radius 3 is 3.00 bits per heavy atom. The average Bonchev–Trinajstić information content (AvgIpc) is 3.17. The zero-order valence-electron chi connectivity index (χ0n) is 11.9. The molecule has 4 nitrogen and oxygen atoms in total. The first-order chi connectivity index (χ1) is 9.65. The first-order valence-electron chi connectivity index (χ1n) is 7.31. The standard InChI is InChI=1S/C15H21N3OS/c1-18(11-5-6-11)7-8-19-15-12(14(16)20)9-10-3-2-4-13(10)17-15/h9,11H,2-8H2,1H3,(H2,16,20). The van der Waals surface area contributed by atoms with E-state index in [-0.39, 0.29) is 0 Å². The molecule has 2 aliphatic carbocycles. The van der Waals surface area contributed by atoms with Crippen molar-refractivity contribution in [3.63, 3.8) is 0 Å². The molecule has 5 heteroatoms. The number of aryl methyl sites for hydroxylation is 2. The Morgan fingerprint density at radius 1 is 1.50 bits per heavy atom. The Hall–Kier alpha value is -1.20. The van der Waals surface area contributed by atoms with Crippen LogP contribution in [0, 0.1) is 0 Å². The van der Waals surface area contributed by atoms with Crippen LogP contribution in [0.15, 0.2) is 6.07 Å². The molecule has 0 radical (unpaired) electrons. The van der Waals surface area contributed by atoms with E-state index in [4.69, 9.17) is 22.7 Å². The van der Waals surface area contributed by atoms with Crippen molar-refractivity contribution in [2.24, 2.45) is 5.73 Å². The summed E-state index contributed by atoms with van der Waals surface area (Å²) in [6.07, 6.45) is 5.89. The maximum atomic E-state index is 5.85. The molecule has 1 saturated carbocycles. The summed E-state index contributed by atoms with van der Waals surface area (Å²) < 4.78 is 5.85. The third kappa shape index (κ3) is 2.94. The Bertz CT molecular complexity index is 528. The van der Waals surface area contributed by atoms with Crippen molar-refractivity contribution in [1.82, 2.24) is 9.88 Å². The number of fused-ring (bicyclic) bond motifs is 1. The van der Waals surface area contributed by atoms with E-state index < -0.39 is 0 Å². The molecule has 1 aromatic rings. The highest BCUT2D eigenvalue weighted by atomic mass is 32.1. The van der Waals surface area contributed by atoms with Crippen LogP contribution in [-0.4, -0.2) is 41.1 Å². The molecule has 1 aromatic heterocycles. The van der Waals surface area contributed by atoms with E-state index in [0.717, 1.165) is 43.1 Å². The average molecular weight is 291 g/mol. The van der Waals surface area contributed by atoms with Gasteiger partial charge in [0.15, 0.2) is 0 Å². The zero-order valence-corrected chi connectivity index (χ0v) is 12.7. The molecule has 0 saturated heterocycles. The van der Waals surface area contributed by atoms with Gasteiger partial charge in [0.25, 0.3) is 0 Å². The minimum atomic E-state index is 0.373. The lowest BCUT2D eigenvalue weighted by molar-refractivity contribution is 0.226. The molecule has 0 atom stereocenters. The third-order valence-electron chi connectivity index (χ3n) is 4.13. The van der Waals surface area contributed by atoms with Crippen LogP contribution >= 0.6 is 12.2 Å². The van der Waals surface area contributed by atoms with Crippen LogP contribution in [0.25, 0.3) is 0 Å². The highest BCUT2D eigenvalue weighted by Crippen LogP contribution is 2.27. The fraction of sp³-hybridized carbons (Fsp3) is 0.600. The molecule has 108 valence electrons. The number of likely N-dealkylation sites (N-methyl/N-ethyl adjacent to an activating group) is 1. The van der Waals surface area contributed by atoms with Crippen molar-refractivity contribution < 1.29 is 4.74 Å². The Morgan fingerprint density at radius 2 is 2.30 bits per heavy atom. The molecule has 3 rings (SSSR count). The summed E-state index contributed by atoms with van der Waals surface area (Å²) >= 11 is 5.12. The third-order valence-corrected chi connectivity index (χ3v) is 4.35. The molecule has 0 unspecified atom stereocenters. The highest BCUT2D eigenvalue weighted by Gasteiger charge is 2.26. The van der Waals surface area contributed by atoms with E-state index in [1.165, 1.54) is 18.4 Å². The number of rotatable bonds is 6. The largest absolute Gasteiger partial charge is 0.476 e. The fourth-order valence-corrected chi connectivity index (χ4v) is 2.87. The van der Waals surface area contributed by atoms with Gasteiger partial charge in [0, 0.05) is 18.3 Å². The van der Waals surface area contributed by atoms with Crippen molar-refractivity contribution in [2.75, 3.05) is 20.2 Å². The monoisotopic (exact) mass is 291 g/mol. The normalized spacial score (nSPS) is 17.3. The van der Waals surface area contributed by atoms with E-state index in [2.05, 4.69) is 23.0 Å². The quantitative estimate of drug-likeness (QED) is 0.808. The molecular formula is C15H21N3OS. The maximum absolute atomic E-state index is 5.85. The SMILES string of the molecule is CN(CCOc1nc2c(cc1C(N)=S)CCC2)C1CC1. The summed E-state index contributed by atoms with van der Waals surface area (Å²) in [5.74, 6) is 0.613. The van der Waals surface area contributed by atoms with Gasteiger partial charge in [0.05, 0.1) is 5.56 Å². The highest BCUT2D eigenvalue weighted by molar-refractivity contribution is 7.80. The van der Waals surface area contributed by atoms with E-state index in [9.17, 15) is 0 Å². The van der Waals surface area contributed by atoms with Crippen molar-refractivity contribution in [3.8, 4) is 5.88 Å². The number of aromatic nitrogens is 1. The molecule has 2 N–H and O–H groups in total. The predicted octanol–water partition coefficient (Wildman–Crippen LogP) is 1.68. The van der Waals surface area contributed by atoms with E-state index >= 15 is 0 Å². The molecular weight excluding hydrogens is 270 g/mol. The van der Waals surface area contributed by atoms with Crippen LogP contribution in [0.3, 0.4) is 0 Å². The van der Waals surface area contributed by atoms with Crippen LogP contribution in [0.1, 0.15) is 36.1 Å². The predicted molar refractivity (Wildman–Crippen MR) is 83.3 cm³/mol. The van der Waals surface area contributed by atoms with Crippen LogP contribution < -0.4 is 10.5 Å². The molecule has 2 aliphatic rings. The summed E-state index contributed by atoms with van der Waals surface area (Å²) in [5.41, 5.74) is 9.01. The molecule has 0 spiro atoms. The van der Waals surface area contributed by atoms with Gasteiger partial charge in [-0.1, -0.05) is 12.2 Å². The summed E-state index contributed by atoms with van der Waals surface area (Å²) in [6, 6.07) is 2.82. The van der Waals surface area contributed by atoms with E-state index in [1.807, 2.05) is 0 Å². The Balaban J connectivity index is 1.69. The number of pyridine rings is 1. The van der Waals surface area contributed by atoms with Gasteiger partial charge in [-0.05, 0) is 50.8 Å².